The quantitative estimate of drug-likeness (QED) is 0.862. The molecule has 6 nitrogen and oxygen atoms in total. The van der Waals surface area contributed by atoms with Crippen molar-refractivity contribution in [2.24, 2.45) is 16.8 Å². The molecule has 0 bridgehead atoms. The predicted molar refractivity (Wildman–Crippen MR) is 95.2 cm³/mol. The van der Waals surface area contributed by atoms with Crippen LogP contribution < -0.4 is 10.6 Å². The molecule has 2 fully saturated rings. The molecule has 2 aliphatic heterocycles. The molecule has 3 atom stereocenters. The van der Waals surface area contributed by atoms with Gasteiger partial charge in [-0.15, -0.1) is 0 Å². The van der Waals surface area contributed by atoms with Crippen molar-refractivity contribution in [3.8, 4) is 0 Å². The Labute approximate surface area is 147 Å². The van der Waals surface area contributed by atoms with Crippen LogP contribution in [0.4, 0.5) is 4.79 Å². The normalized spacial score (nSPS) is 30.4. The molecule has 0 unspecified atom stereocenters. The molecular formula is C19H24N4O2. The summed E-state index contributed by atoms with van der Waals surface area (Å²) < 4.78 is 0. The van der Waals surface area contributed by atoms with Gasteiger partial charge in [-0.2, -0.15) is 0 Å². The Balaban J connectivity index is 1.42. The molecule has 1 saturated heterocycles. The molecule has 1 saturated carbocycles. The molecule has 1 spiro atoms. The maximum atomic E-state index is 12.6. The fourth-order valence-electron chi connectivity index (χ4n) is 4.62. The molecule has 25 heavy (non-hydrogen) atoms. The molecule has 1 aromatic carbocycles. The number of carbonyl (C=O) groups is 2. The Hall–Kier alpha value is -2.37. The Morgan fingerprint density at radius 2 is 2.16 bits per heavy atom. The molecule has 3 amide bonds. The Kier molecular flexibility index (Phi) is 3.78. The molecule has 1 aliphatic carbocycles. The maximum absolute atomic E-state index is 12.6. The van der Waals surface area contributed by atoms with Gasteiger partial charge < -0.3 is 15.5 Å². The van der Waals surface area contributed by atoms with E-state index >= 15 is 0 Å². The third-order valence-electron chi connectivity index (χ3n) is 5.98. The predicted octanol–water partition coefficient (Wildman–Crippen LogP) is 1.83. The molecular weight excluding hydrogens is 316 g/mol. The van der Waals surface area contributed by atoms with Crippen molar-refractivity contribution in [1.82, 2.24) is 15.5 Å². The lowest BCUT2D eigenvalue weighted by molar-refractivity contribution is -0.124. The number of nitrogens with one attached hydrogen (secondary N) is 2. The highest BCUT2D eigenvalue weighted by Gasteiger charge is 2.59. The third-order valence-corrected chi connectivity index (χ3v) is 5.98. The van der Waals surface area contributed by atoms with Gasteiger partial charge in [0.15, 0.2) is 0 Å². The van der Waals surface area contributed by atoms with E-state index in [9.17, 15) is 9.59 Å². The average Bonchev–Trinajstić information content (AvgIpc) is 3.22. The number of carbonyl (C=O) groups excluding carboxylic acids is 2. The second-order valence-corrected chi connectivity index (χ2v) is 7.47. The number of urea groups is 1. The smallest absolute Gasteiger partial charge is 0.317 e. The van der Waals surface area contributed by atoms with Gasteiger partial charge in [0, 0.05) is 25.6 Å². The highest BCUT2D eigenvalue weighted by atomic mass is 16.2. The van der Waals surface area contributed by atoms with Crippen LogP contribution in [0, 0.1) is 18.8 Å². The topological polar surface area (TPSA) is 73.8 Å². The molecule has 0 radical (unpaired) electrons. The van der Waals surface area contributed by atoms with Crippen LogP contribution in [0.5, 0.6) is 0 Å². The van der Waals surface area contributed by atoms with E-state index in [1.807, 2.05) is 43.0 Å². The molecule has 2 heterocycles. The number of hydrogen-bond donors (Lipinski definition) is 2. The standard InChI is InChI=1S/C19H24N4O2/c1-12-5-3-4-6-14(12)9-20-18(25)23-10-15-7-8-19(16(15)11-23)17(24)21-13(2)22-19/h3-6,15-16H,7-11H2,1-2H3,(H,20,25)(H,21,22,24)/t15-,16+,19-/m0/s1. The summed E-state index contributed by atoms with van der Waals surface area (Å²) in [5, 5.41) is 5.87. The summed E-state index contributed by atoms with van der Waals surface area (Å²) in [6, 6.07) is 8.01. The van der Waals surface area contributed by atoms with E-state index in [-0.39, 0.29) is 17.9 Å². The van der Waals surface area contributed by atoms with Gasteiger partial charge in [0.05, 0.1) is 0 Å². The fourth-order valence-corrected chi connectivity index (χ4v) is 4.62. The second-order valence-electron chi connectivity index (χ2n) is 7.47. The number of hydrogen-bond acceptors (Lipinski definition) is 3. The van der Waals surface area contributed by atoms with E-state index in [1.165, 1.54) is 5.56 Å². The van der Waals surface area contributed by atoms with Crippen LogP contribution in [-0.4, -0.2) is 41.3 Å². The van der Waals surface area contributed by atoms with Crippen molar-refractivity contribution in [2.75, 3.05) is 13.1 Å². The highest BCUT2D eigenvalue weighted by molar-refractivity contribution is 6.07. The number of benzene rings is 1. The minimum atomic E-state index is -0.639. The lowest BCUT2D eigenvalue weighted by Gasteiger charge is -2.25. The van der Waals surface area contributed by atoms with Crippen LogP contribution in [0.3, 0.4) is 0 Å². The lowest BCUT2D eigenvalue weighted by atomic mass is 9.85. The first-order chi connectivity index (χ1) is 12.0. The second kappa shape index (κ2) is 5.86. The van der Waals surface area contributed by atoms with E-state index in [4.69, 9.17) is 0 Å². The first-order valence-electron chi connectivity index (χ1n) is 8.95. The van der Waals surface area contributed by atoms with Crippen molar-refractivity contribution in [1.29, 1.82) is 0 Å². The monoisotopic (exact) mass is 340 g/mol. The van der Waals surface area contributed by atoms with E-state index < -0.39 is 5.54 Å². The molecule has 6 heteroatoms. The number of likely N-dealkylation sites (tertiary alicyclic amines) is 1. The number of aryl methyl sites for hydroxylation is 1. The van der Waals surface area contributed by atoms with Crippen LogP contribution in [0.25, 0.3) is 0 Å². The van der Waals surface area contributed by atoms with Crippen LogP contribution in [0.1, 0.15) is 30.9 Å². The molecule has 1 aromatic rings. The first kappa shape index (κ1) is 16.1. The van der Waals surface area contributed by atoms with E-state index in [0.29, 0.717) is 31.4 Å². The third kappa shape index (κ3) is 2.60. The summed E-state index contributed by atoms with van der Waals surface area (Å²) in [5.41, 5.74) is 1.66. The molecule has 4 rings (SSSR count). The van der Waals surface area contributed by atoms with Crippen molar-refractivity contribution in [3.63, 3.8) is 0 Å². The molecule has 132 valence electrons. The minimum Gasteiger partial charge on any atom is -0.334 e. The van der Waals surface area contributed by atoms with Crippen molar-refractivity contribution < 1.29 is 9.59 Å². The van der Waals surface area contributed by atoms with Gasteiger partial charge in [0.2, 0.25) is 0 Å². The Morgan fingerprint density at radius 1 is 1.36 bits per heavy atom. The number of nitrogens with zero attached hydrogens (tertiary/aromatic N) is 2. The van der Waals surface area contributed by atoms with Crippen molar-refractivity contribution in [3.05, 3.63) is 35.4 Å². The van der Waals surface area contributed by atoms with E-state index in [2.05, 4.69) is 15.6 Å². The largest absolute Gasteiger partial charge is 0.334 e. The van der Waals surface area contributed by atoms with Gasteiger partial charge in [-0.25, -0.2) is 4.79 Å². The zero-order valence-electron chi connectivity index (χ0n) is 14.7. The van der Waals surface area contributed by atoms with Crippen LogP contribution >= 0.6 is 0 Å². The van der Waals surface area contributed by atoms with Gasteiger partial charge in [0.1, 0.15) is 11.4 Å². The highest BCUT2D eigenvalue weighted by Crippen LogP contribution is 2.48. The molecule has 3 aliphatic rings. The van der Waals surface area contributed by atoms with Crippen molar-refractivity contribution >= 4 is 17.8 Å². The summed E-state index contributed by atoms with van der Waals surface area (Å²) in [5.74, 6) is 1.21. The molecule has 0 aromatic heterocycles. The molecule has 2 N–H and O–H groups in total. The van der Waals surface area contributed by atoms with E-state index in [1.54, 1.807) is 0 Å². The lowest BCUT2D eigenvalue weighted by Crippen LogP contribution is -2.46. The SMILES string of the molecule is CC1=N[C@]2(CC[C@H]3CN(C(=O)NCc4ccccc4C)C[C@H]32)C(=O)N1. The minimum absolute atomic E-state index is 0.0136. The number of aliphatic imine (C=N–C) groups is 1. The fraction of sp³-hybridized carbons (Fsp3) is 0.526. The summed E-state index contributed by atoms with van der Waals surface area (Å²) in [6.07, 6.45) is 1.75. The van der Waals surface area contributed by atoms with Crippen LogP contribution in [0.15, 0.2) is 29.3 Å². The zero-order valence-corrected chi connectivity index (χ0v) is 14.7. The number of fused-ring (bicyclic) bond motifs is 2. The van der Waals surface area contributed by atoms with Crippen molar-refractivity contribution in [2.45, 2.75) is 38.8 Å². The summed E-state index contributed by atoms with van der Waals surface area (Å²) in [6.45, 7) is 5.73. The van der Waals surface area contributed by atoms with Gasteiger partial charge in [0.25, 0.3) is 5.91 Å². The van der Waals surface area contributed by atoms with Gasteiger partial charge in [-0.1, -0.05) is 24.3 Å². The zero-order chi connectivity index (χ0) is 17.6. The average molecular weight is 340 g/mol. The van der Waals surface area contributed by atoms with Gasteiger partial charge in [-0.05, 0) is 43.7 Å². The first-order valence-corrected chi connectivity index (χ1v) is 8.95. The van der Waals surface area contributed by atoms with E-state index in [0.717, 1.165) is 18.4 Å². The summed E-state index contributed by atoms with van der Waals surface area (Å²) >= 11 is 0. The van der Waals surface area contributed by atoms with Gasteiger partial charge >= 0.3 is 6.03 Å². The number of amidine groups is 1. The summed E-state index contributed by atoms with van der Waals surface area (Å²) in [4.78, 5) is 31.5. The number of amides is 3. The Bertz CT molecular complexity index is 760. The van der Waals surface area contributed by atoms with Crippen LogP contribution in [0.2, 0.25) is 0 Å². The Morgan fingerprint density at radius 3 is 2.88 bits per heavy atom. The maximum Gasteiger partial charge on any atom is 0.317 e. The van der Waals surface area contributed by atoms with Gasteiger partial charge in [-0.3, -0.25) is 9.79 Å². The van der Waals surface area contributed by atoms with Crippen LogP contribution in [-0.2, 0) is 11.3 Å². The summed E-state index contributed by atoms with van der Waals surface area (Å²) in [7, 11) is 0. The number of rotatable bonds is 2.